The van der Waals surface area contributed by atoms with Gasteiger partial charge in [0.2, 0.25) is 0 Å². The lowest BCUT2D eigenvalue weighted by molar-refractivity contribution is 0.102. The number of carbonyl (C=O) groups is 1. The zero-order valence-corrected chi connectivity index (χ0v) is 10.8. The zero-order valence-electron chi connectivity index (χ0n) is 10.1. The minimum Gasteiger partial charge on any atom is -0.319 e. The predicted molar refractivity (Wildman–Crippen MR) is 74.0 cm³/mol. The maximum Gasteiger partial charge on any atom is 0.275 e. The Morgan fingerprint density at radius 3 is 2.70 bits per heavy atom. The van der Waals surface area contributed by atoms with Crippen LogP contribution in [0.3, 0.4) is 0 Å². The molecule has 4 N–H and O–H groups in total. The third kappa shape index (κ3) is 3.00. The number of hydrazine groups is 1. The Morgan fingerprint density at radius 2 is 2.15 bits per heavy atom. The topological polar surface area (TPSA) is 117 Å². The molecular formula is C12H9ClN6O. The van der Waals surface area contributed by atoms with Crippen LogP contribution in [0.4, 0.5) is 11.5 Å². The molecule has 2 aromatic rings. The molecule has 0 spiro atoms. The van der Waals surface area contributed by atoms with Crippen molar-refractivity contribution in [2.24, 2.45) is 5.84 Å². The second kappa shape index (κ2) is 5.97. The number of halogens is 1. The summed E-state index contributed by atoms with van der Waals surface area (Å²) < 4.78 is 0. The van der Waals surface area contributed by atoms with E-state index in [1.807, 2.05) is 6.07 Å². The van der Waals surface area contributed by atoms with E-state index >= 15 is 0 Å². The van der Waals surface area contributed by atoms with E-state index in [9.17, 15) is 4.79 Å². The van der Waals surface area contributed by atoms with Gasteiger partial charge in [-0.25, -0.2) is 15.8 Å². The summed E-state index contributed by atoms with van der Waals surface area (Å²) in [7, 11) is 0. The van der Waals surface area contributed by atoms with Crippen LogP contribution in [0.15, 0.2) is 30.6 Å². The Bertz CT molecular complexity index is 679. The Labute approximate surface area is 119 Å². The fourth-order valence-electron chi connectivity index (χ4n) is 1.39. The van der Waals surface area contributed by atoms with Gasteiger partial charge in [0.05, 0.1) is 34.7 Å². The minimum atomic E-state index is -0.465. The molecule has 0 aliphatic carbocycles. The molecule has 0 fully saturated rings. The van der Waals surface area contributed by atoms with E-state index in [1.54, 1.807) is 12.1 Å². The average molecular weight is 289 g/mol. The highest BCUT2D eigenvalue weighted by molar-refractivity contribution is 6.34. The summed E-state index contributed by atoms with van der Waals surface area (Å²) in [6.45, 7) is 0. The number of hydrogen-bond acceptors (Lipinski definition) is 6. The number of aromatic nitrogens is 2. The molecule has 0 radical (unpaired) electrons. The lowest BCUT2D eigenvalue weighted by atomic mass is 10.2. The number of hydrogen-bond donors (Lipinski definition) is 3. The first-order chi connectivity index (χ1) is 9.63. The molecule has 0 saturated heterocycles. The van der Waals surface area contributed by atoms with Gasteiger partial charge in [-0.05, 0) is 18.2 Å². The van der Waals surface area contributed by atoms with Crippen molar-refractivity contribution < 1.29 is 4.79 Å². The van der Waals surface area contributed by atoms with Crippen LogP contribution >= 0.6 is 11.6 Å². The average Bonchev–Trinajstić information content (AvgIpc) is 2.49. The quantitative estimate of drug-likeness (QED) is 0.582. The van der Waals surface area contributed by atoms with E-state index < -0.39 is 5.91 Å². The summed E-state index contributed by atoms with van der Waals surface area (Å²) in [5.41, 5.74) is 3.22. The van der Waals surface area contributed by atoms with E-state index in [4.69, 9.17) is 22.7 Å². The Kier molecular flexibility index (Phi) is 4.10. The van der Waals surface area contributed by atoms with E-state index in [-0.39, 0.29) is 10.7 Å². The van der Waals surface area contributed by atoms with Crippen molar-refractivity contribution in [1.29, 1.82) is 5.26 Å². The maximum atomic E-state index is 11.9. The number of amides is 1. The van der Waals surface area contributed by atoms with Gasteiger partial charge >= 0.3 is 0 Å². The van der Waals surface area contributed by atoms with Crippen molar-refractivity contribution in [3.63, 3.8) is 0 Å². The Hall–Kier alpha value is -2.69. The van der Waals surface area contributed by atoms with Gasteiger partial charge in [-0.2, -0.15) is 5.26 Å². The smallest absolute Gasteiger partial charge is 0.275 e. The number of nitriles is 1. The van der Waals surface area contributed by atoms with Crippen LogP contribution in [-0.2, 0) is 0 Å². The fraction of sp³-hybridized carbons (Fsp3) is 0. The summed E-state index contributed by atoms with van der Waals surface area (Å²) >= 11 is 5.96. The molecule has 7 nitrogen and oxygen atoms in total. The van der Waals surface area contributed by atoms with Crippen molar-refractivity contribution in [1.82, 2.24) is 9.97 Å². The second-order valence-electron chi connectivity index (χ2n) is 3.69. The summed E-state index contributed by atoms with van der Waals surface area (Å²) in [5, 5.41) is 11.6. The standard InChI is InChI=1S/C12H9ClN6O/c13-8-3-7(4-14)1-2-9(8)18-12(20)10-5-17-11(19-15)6-16-10/h1-3,5-6H,15H2,(H,17,19)(H,18,20). The van der Waals surface area contributed by atoms with Gasteiger partial charge in [-0.15, -0.1) is 0 Å². The zero-order chi connectivity index (χ0) is 14.5. The fourth-order valence-corrected chi connectivity index (χ4v) is 1.62. The monoisotopic (exact) mass is 288 g/mol. The van der Waals surface area contributed by atoms with E-state index in [1.165, 1.54) is 18.5 Å². The SMILES string of the molecule is N#Cc1ccc(NC(=O)c2cnc(NN)cn2)c(Cl)c1. The first-order valence-electron chi connectivity index (χ1n) is 5.43. The predicted octanol–water partition coefficient (Wildman–Crippen LogP) is 1.54. The second-order valence-corrected chi connectivity index (χ2v) is 4.10. The van der Waals surface area contributed by atoms with Crippen LogP contribution < -0.4 is 16.6 Å². The molecule has 2 rings (SSSR count). The molecule has 0 saturated carbocycles. The summed E-state index contributed by atoms with van der Waals surface area (Å²) in [6, 6.07) is 6.51. The molecule has 20 heavy (non-hydrogen) atoms. The van der Waals surface area contributed by atoms with Crippen molar-refractivity contribution in [3.05, 3.63) is 46.9 Å². The van der Waals surface area contributed by atoms with Gasteiger partial charge < -0.3 is 10.7 Å². The lowest BCUT2D eigenvalue weighted by Gasteiger charge is -2.07. The van der Waals surface area contributed by atoms with Crippen molar-refractivity contribution >= 4 is 29.0 Å². The number of carbonyl (C=O) groups excluding carboxylic acids is 1. The van der Waals surface area contributed by atoms with Crippen LogP contribution in [0, 0.1) is 11.3 Å². The minimum absolute atomic E-state index is 0.115. The number of nitrogen functional groups attached to an aromatic ring is 1. The molecule has 0 aliphatic rings. The molecule has 0 unspecified atom stereocenters. The van der Waals surface area contributed by atoms with Crippen LogP contribution in [-0.4, -0.2) is 15.9 Å². The van der Waals surface area contributed by atoms with Crippen LogP contribution in [0.5, 0.6) is 0 Å². The molecule has 0 bridgehead atoms. The van der Waals surface area contributed by atoms with Gasteiger partial charge in [0.25, 0.3) is 5.91 Å². The molecular weight excluding hydrogens is 280 g/mol. The normalized spacial score (nSPS) is 9.65. The first-order valence-corrected chi connectivity index (χ1v) is 5.81. The molecule has 1 aromatic carbocycles. The van der Waals surface area contributed by atoms with Crippen LogP contribution in [0.25, 0.3) is 0 Å². The molecule has 0 atom stereocenters. The van der Waals surface area contributed by atoms with Gasteiger partial charge in [-0.3, -0.25) is 4.79 Å². The molecule has 1 amide bonds. The lowest BCUT2D eigenvalue weighted by Crippen LogP contribution is -2.15. The van der Waals surface area contributed by atoms with Crippen molar-refractivity contribution in [2.45, 2.75) is 0 Å². The number of nitrogens with zero attached hydrogens (tertiary/aromatic N) is 3. The highest BCUT2D eigenvalue weighted by Gasteiger charge is 2.10. The van der Waals surface area contributed by atoms with Crippen molar-refractivity contribution in [3.8, 4) is 6.07 Å². The van der Waals surface area contributed by atoms with Gasteiger partial charge in [-0.1, -0.05) is 11.6 Å². The van der Waals surface area contributed by atoms with Gasteiger partial charge in [0.15, 0.2) is 5.82 Å². The molecule has 100 valence electrons. The maximum absolute atomic E-state index is 11.9. The third-order valence-corrected chi connectivity index (χ3v) is 2.69. The van der Waals surface area contributed by atoms with Gasteiger partial charge in [0.1, 0.15) is 5.69 Å². The van der Waals surface area contributed by atoms with Crippen LogP contribution in [0.1, 0.15) is 16.1 Å². The Morgan fingerprint density at radius 1 is 1.35 bits per heavy atom. The summed E-state index contributed by atoms with van der Waals surface area (Å²) in [5.74, 6) is 5.03. The van der Waals surface area contributed by atoms with E-state index in [0.717, 1.165) is 0 Å². The van der Waals surface area contributed by atoms with Crippen LogP contribution in [0.2, 0.25) is 5.02 Å². The Balaban J connectivity index is 2.17. The van der Waals surface area contributed by atoms with Gasteiger partial charge in [0, 0.05) is 0 Å². The van der Waals surface area contributed by atoms with E-state index in [2.05, 4.69) is 20.7 Å². The number of benzene rings is 1. The molecule has 0 aliphatic heterocycles. The molecule has 1 heterocycles. The number of nitrogens with one attached hydrogen (secondary N) is 2. The third-order valence-electron chi connectivity index (χ3n) is 2.38. The van der Waals surface area contributed by atoms with Crippen molar-refractivity contribution in [2.75, 3.05) is 10.7 Å². The first kappa shape index (κ1) is 13.7. The van der Waals surface area contributed by atoms with E-state index in [0.29, 0.717) is 17.1 Å². The molecule has 1 aromatic heterocycles. The number of anilines is 2. The molecule has 8 heteroatoms. The highest BCUT2D eigenvalue weighted by Crippen LogP contribution is 2.23. The number of nitrogens with two attached hydrogens (primary N) is 1. The largest absolute Gasteiger partial charge is 0.319 e. The summed E-state index contributed by atoms with van der Waals surface area (Å²) in [6.07, 6.45) is 2.61. The number of rotatable bonds is 3. The highest BCUT2D eigenvalue weighted by atomic mass is 35.5. The summed E-state index contributed by atoms with van der Waals surface area (Å²) in [4.78, 5) is 19.7.